The highest BCUT2D eigenvalue weighted by Gasteiger charge is 2.14. The van der Waals surface area contributed by atoms with E-state index in [0.29, 0.717) is 19.4 Å². The number of hydrogen-bond acceptors (Lipinski definition) is 2. The molecule has 1 amide bonds. The fourth-order valence-electron chi connectivity index (χ4n) is 1.67. The summed E-state index contributed by atoms with van der Waals surface area (Å²) in [7, 11) is 0. The van der Waals surface area contributed by atoms with E-state index >= 15 is 0 Å². The van der Waals surface area contributed by atoms with Gasteiger partial charge < -0.3 is 10.0 Å². The first kappa shape index (κ1) is 12.7. The Labute approximate surface area is 96.7 Å². The standard InChI is InChI=1S/C13H19NO2/c1-3-13(16)14(9-6-10-15)12-8-5-4-7-11(12)2/h4-5,7-8,15H,3,6,9-10H2,1-2H3. The van der Waals surface area contributed by atoms with Crippen LogP contribution >= 0.6 is 0 Å². The molecule has 0 aliphatic rings. The molecule has 88 valence electrons. The van der Waals surface area contributed by atoms with Crippen LogP contribution in [0, 0.1) is 6.92 Å². The first-order chi connectivity index (χ1) is 7.70. The minimum Gasteiger partial charge on any atom is -0.396 e. The number of aliphatic hydroxyl groups is 1. The van der Waals surface area contributed by atoms with Crippen molar-refractivity contribution in [3.05, 3.63) is 29.8 Å². The number of rotatable bonds is 5. The van der Waals surface area contributed by atoms with Crippen molar-refractivity contribution in [2.75, 3.05) is 18.1 Å². The molecular weight excluding hydrogens is 202 g/mol. The number of carbonyl (C=O) groups excluding carboxylic acids is 1. The number of benzene rings is 1. The highest BCUT2D eigenvalue weighted by molar-refractivity contribution is 5.93. The molecule has 0 radical (unpaired) electrons. The van der Waals surface area contributed by atoms with E-state index in [9.17, 15) is 4.79 Å². The lowest BCUT2D eigenvalue weighted by atomic mass is 10.1. The number of amides is 1. The van der Waals surface area contributed by atoms with Gasteiger partial charge in [0.25, 0.3) is 0 Å². The number of hydrogen-bond donors (Lipinski definition) is 1. The number of para-hydroxylation sites is 1. The van der Waals surface area contributed by atoms with Crippen molar-refractivity contribution in [2.45, 2.75) is 26.7 Å². The highest BCUT2D eigenvalue weighted by Crippen LogP contribution is 2.20. The van der Waals surface area contributed by atoms with Crippen LogP contribution in [0.3, 0.4) is 0 Å². The van der Waals surface area contributed by atoms with E-state index in [-0.39, 0.29) is 12.5 Å². The van der Waals surface area contributed by atoms with Crippen LogP contribution in [0.4, 0.5) is 5.69 Å². The van der Waals surface area contributed by atoms with Crippen LogP contribution in [0.25, 0.3) is 0 Å². The quantitative estimate of drug-likeness (QED) is 0.827. The van der Waals surface area contributed by atoms with Crippen molar-refractivity contribution < 1.29 is 9.90 Å². The Morgan fingerprint density at radius 1 is 1.38 bits per heavy atom. The Bertz CT molecular complexity index is 350. The van der Waals surface area contributed by atoms with Gasteiger partial charge in [0, 0.05) is 25.3 Å². The largest absolute Gasteiger partial charge is 0.396 e. The monoisotopic (exact) mass is 221 g/mol. The van der Waals surface area contributed by atoms with Crippen LogP contribution in [-0.4, -0.2) is 24.2 Å². The van der Waals surface area contributed by atoms with E-state index in [1.54, 1.807) is 4.90 Å². The molecule has 0 aliphatic heterocycles. The van der Waals surface area contributed by atoms with Gasteiger partial charge in [0.15, 0.2) is 0 Å². The van der Waals surface area contributed by atoms with Gasteiger partial charge in [-0.15, -0.1) is 0 Å². The molecule has 0 spiro atoms. The normalized spacial score (nSPS) is 10.2. The molecule has 0 heterocycles. The lowest BCUT2D eigenvalue weighted by molar-refractivity contribution is -0.118. The van der Waals surface area contributed by atoms with Gasteiger partial charge in [0.1, 0.15) is 0 Å². The number of anilines is 1. The molecule has 0 aliphatic carbocycles. The minimum atomic E-state index is 0.0998. The maximum absolute atomic E-state index is 11.8. The Morgan fingerprint density at radius 3 is 2.62 bits per heavy atom. The summed E-state index contributed by atoms with van der Waals surface area (Å²) in [6, 6.07) is 7.82. The average Bonchev–Trinajstić information content (AvgIpc) is 2.31. The zero-order valence-electron chi connectivity index (χ0n) is 9.94. The molecule has 0 saturated carbocycles. The minimum absolute atomic E-state index is 0.0998. The van der Waals surface area contributed by atoms with Crippen LogP contribution in [0.2, 0.25) is 0 Å². The zero-order chi connectivity index (χ0) is 12.0. The highest BCUT2D eigenvalue weighted by atomic mass is 16.3. The third-order valence-electron chi connectivity index (χ3n) is 2.55. The SMILES string of the molecule is CCC(=O)N(CCCO)c1ccccc1C. The molecular formula is C13H19NO2. The second-order valence-electron chi connectivity index (χ2n) is 3.76. The van der Waals surface area contributed by atoms with Gasteiger partial charge in [-0.2, -0.15) is 0 Å². The molecule has 0 bridgehead atoms. The Balaban J connectivity index is 2.92. The maximum Gasteiger partial charge on any atom is 0.226 e. The van der Waals surface area contributed by atoms with Crippen molar-refractivity contribution >= 4 is 11.6 Å². The van der Waals surface area contributed by atoms with Gasteiger partial charge in [-0.3, -0.25) is 4.79 Å². The predicted octanol–water partition coefficient (Wildman–Crippen LogP) is 2.12. The van der Waals surface area contributed by atoms with Crippen molar-refractivity contribution in [2.24, 2.45) is 0 Å². The van der Waals surface area contributed by atoms with Gasteiger partial charge in [-0.05, 0) is 25.0 Å². The van der Waals surface area contributed by atoms with Crippen LogP contribution in [0.15, 0.2) is 24.3 Å². The number of aliphatic hydroxyl groups excluding tert-OH is 1. The van der Waals surface area contributed by atoms with Gasteiger partial charge in [-0.25, -0.2) is 0 Å². The number of nitrogens with zero attached hydrogens (tertiary/aromatic N) is 1. The fourth-order valence-corrected chi connectivity index (χ4v) is 1.67. The summed E-state index contributed by atoms with van der Waals surface area (Å²) >= 11 is 0. The third-order valence-corrected chi connectivity index (χ3v) is 2.55. The lowest BCUT2D eigenvalue weighted by Gasteiger charge is -2.23. The molecule has 3 heteroatoms. The summed E-state index contributed by atoms with van der Waals surface area (Å²) in [4.78, 5) is 13.6. The van der Waals surface area contributed by atoms with Gasteiger partial charge in [0.2, 0.25) is 5.91 Å². The third kappa shape index (κ3) is 3.07. The molecule has 16 heavy (non-hydrogen) atoms. The van der Waals surface area contributed by atoms with Crippen LogP contribution in [0.1, 0.15) is 25.3 Å². The van der Waals surface area contributed by atoms with Crippen LogP contribution < -0.4 is 4.90 Å². The van der Waals surface area contributed by atoms with E-state index in [1.165, 1.54) is 0 Å². The zero-order valence-corrected chi connectivity index (χ0v) is 9.94. The average molecular weight is 221 g/mol. The van der Waals surface area contributed by atoms with E-state index in [4.69, 9.17) is 5.11 Å². The number of aryl methyl sites for hydroxylation is 1. The molecule has 1 aromatic carbocycles. The summed E-state index contributed by atoms with van der Waals surface area (Å²) in [5.41, 5.74) is 2.03. The molecule has 1 N–H and O–H groups in total. The Kier molecular flexibility index (Phi) is 4.99. The first-order valence-electron chi connectivity index (χ1n) is 5.67. The van der Waals surface area contributed by atoms with Crippen molar-refractivity contribution in [3.63, 3.8) is 0 Å². The van der Waals surface area contributed by atoms with Gasteiger partial charge in [0.05, 0.1) is 0 Å². The summed E-state index contributed by atoms with van der Waals surface area (Å²) in [5, 5.41) is 8.85. The predicted molar refractivity (Wildman–Crippen MR) is 65.5 cm³/mol. The van der Waals surface area contributed by atoms with Crippen LogP contribution in [0.5, 0.6) is 0 Å². The summed E-state index contributed by atoms with van der Waals surface area (Å²) in [6.45, 7) is 4.53. The first-order valence-corrected chi connectivity index (χ1v) is 5.67. The Morgan fingerprint density at radius 2 is 2.06 bits per heavy atom. The molecule has 3 nitrogen and oxygen atoms in total. The maximum atomic E-state index is 11.8. The number of carbonyl (C=O) groups is 1. The smallest absolute Gasteiger partial charge is 0.226 e. The van der Waals surface area contributed by atoms with Crippen molar-refractivity contribution in [3.8, 4) is 0 Å². The van der Waals surface area contributed by atoms with E-state index in [1.807, 2.05) is 38.1 Å². The second-order valence-corrected chi connectivity index (χ2v) is 3.76. The molecule has 0 aromatic heterocycles. The van der Waals surface area contributed by atoms with E-state index in [0.717, 1.165) is 11.3 Å². The van der Waals surface area contributed by atoms with Gasteiger partial charge >= 0.3 is 0 Å². The summed E-state index contributed by atoms with van der Waals surface area (Å²) in [5.74, 6) is 0.0998. The van der Waals surface area contributed by atoms with Crippen molar-refractivity contribution in [1.29, 1.82) is 0 Å². The fraction of sp³-hybridized carbons (Fsp3) is 0.462. The molecule has 0 fully saturated rings. The van der Waals surface area contributed by atoms with E-state index in [2.05, 4.69) is 0 Å². The molecule has 1 aromatic rings. The van der Waals surface area contributed by atoms with Gasteiger partial charge in [-0.1, -0.05) is 25.1 Å². The topological polar surface area (TPSA) is 40.5 Å². The molecule has 0 atom stereocenters. The lowest BCUT2D eigenvalue weighted by Crippen LogP contribution is -2.32. The summed E-state index contributed by atoms with van der Waals surface area (Å²) < 4.78 is 0. The summed E-state index contributed by atoms with van der Waals surface area (Å²) in [6.07, 6.45) is 1.10. The second kappa shape index (κ2) is 6.28. The van der Waals surface area contributed by atoms with Crippen LogP contribution in [-0.2, 0) is 4.79 Å². The molecule has 1 rings (SSSR count). The molecule has 0 saturated heterocycles. The molecule has 0 unspecified atom stereocenters. The Hall–Kier alpha value is -1.35. The van der Waals surface area contributed by atoms with E-state index < -0.39 is 0 Å². The van der Waals surface area contributed by atoms with Crippen molar-refractivity contribution in [1.82, 2.24) is 0 Å².